The highest BCUT2D eigenvalue weighted by atomic mass is 79.9. The van der Waals surface area contributed by atoms with E-state index < -0.39 is 0 Å². The van der Waals surface area contributed by atoms with E-state index in [1.165, 1.54) is 10.4 Å². The lowest BCUT2D eigenvalue weighted by atomic mass is 10.2. The third-order valence-electron chi connectivity index (χ3n) is 2.57. The maximum Gasteiger partial charge on any atom is 0.133 e. The molecular formula is C13H14BrNOS. The van der Waals surface area contributed by atoms with Crippen molar-refractivity contribution in [1.29, 1.82) is 0 Å². The number of ether oxygens (including phenoxy) is 1. The van der Waals surface area contributed by atoms with Gasteiger partial charge in [0.2, 0.25) is 0 Å². The molecule has 2 nitrogen and oxygen atoms in total. The fraction of sp³-hybridized carbons (Fsp3) is 0.231. The van der Waals surface area contributed by atoms with Gasteiger partial charge in [-0.05, 0) is 58.1 Å². The highest BCUT2D eigenvalue weighted by Crippen LogP contribution is 2.28. The molecule has 1 N–H and O–H groups in total. The highest BCUT2D eigenvalue weighted by molar-refractivity contribution is 9.10. The number of hydrogen-bond acceptors (Lipinski definition) is 3. The van der Waals surface area contributed by atoms with Gasteiger partial charge in [-0.1, -0.05) is 0 Å². The fourth-order valence-corrected chi connectivity index (χ4v) is 2.93. The van der Waals surface area contributed by atoms with Crippen molar-refractivity contribution in [2.24, 2.45) is 0 Å². The Balaban J connectivity index is 2.05. The Hall–Kier alpha value is -1.00. The first kappa shape index (κ1) is 12.5. The van der Waals surface area contributed by atoms with E-state index in [0.717, 1.165) is 22.5 Å². The quantitative estimate of drug-likeness (QED) is 0.901. The maximum absolute atomic E-state index is 5.20. The summed E-state index contributed by atoms with van der Waals surface area (Å²) >= 11 is 5.26. The van der Waals surface area contributed by atoms with Crippen LogP contribution in [0.4, 0.5) is 5.69 Å². The summed E-state index contributed by atoms with van der Waals surface area (Å²) in [7, 11) is 1.67. The molecule has 1 heterocycles. The van der Waals surface area contributed by atoms with E-state index >= 15 is 0 Å². The molecule has 2 aromatic rings. The summed E-state index contributed by atoms with van der Waals surface area (Å²) in [5.41, 5.74) is 2.43. The molecule has 90 valence electrons. The summed E-state index contributed by atoms with van der Waals surface area (Å²) < 4.78 is 6.16. The predicted octanol–water partition coefficient (Wildman–Crippen LogP) is 4.44. The monoisotopic (exact) mass is 311 g/mol. The van der Waals surface area contributed by atoms with E-state index in [0.29, 0.717) is 0 Å². The zero-order valence-electron chi connectivity index (χ0n) is 9.79. The van der Waals surface area contributed by atoms with Gasteiger partial charge in [0.1, 0.15) is 5.75 Å². The SMILES string of the molecule is COc1ccc(NCc2sccc2C)cc1Br. The summed E-state index contributed by atoms with van der Waals surface area (Å²) in [6.45, 7) is 3.00. The maximum atomic E-state index is 5.20. The number of hydrogen-bond donors (Lipinski definition) is 1. The van der Waals surface area contributed by atoms with Gasteiger partial charge in [0, 0.05) is 17.1 Å². The summed E-state index contributed by atoms with van der Waals surface area (Å²) in [6, 6.07) is 8.15. The lowest BCUT2D eigenvalue weighted by molar-refractivity contribution is 0.412. The van der Waals surface area contributed by atoms with Crippen molar-refractivity contribution >= 4 is 33.0 Å². The van der Waals surface area contributed by atoms with Gasteiger partial charge < -0.3 is 10.1 Å². The lowest BCUT2D eigenvalue weighted by Gasteiger charge is -2.08. The van der Waals surface area contributed by atoms with Crippen LogP contribution in [0.25, 0.3) is 0 Å². The molecule has 0 amide bonds. The van der Waals surface area contributed by atoms with Crippen molar-refractivity contribution in [1.82, 2.24) is 0 Å². The second kappa shape index (κ2) is 5.56. The van der Waals surface area contributed by atoms with E-state index in [2.05, 4.69) is 39.6 Å². The molecule has 0 radical (unpaired) electrons. The molecule has 0 aliphatic heterocycles. The molecule has 1 aromatic heterocycles. The second-order valence-corrected chi connectivity index (χ2v) is 5.58. The molecule has 17 heavy (non-hydrogen) atoms. The number of benzene rings is 1. The Kier molecular flexibility index (Phi) is 4.07. The molecule has 0 saturated heterocycles. The molecule has 0 unspecified atom stereocenters. The number of nitrogens with one attached hydrogen (secondary N) is 1. The van der Waals surface area contributed by atoms with Crippen LogP contribution in [0.3, 0.4) is 0 Å². The fourth-order valence-electron chi connectivity index (χ4n) is 1.54. The van der Waals surface area contributed by atoms with E-state index in [9.17, 15) is 0 Å². The minimum Gasteiger partial charge on any atom is -0.496 e. The first-order chi connectivity index (χ1) is 8.20. The van der Waals surface area contributed by atoms with Crippen LogP contribution in [-0.2, 0) is 6.54 Å². The number of methoxy groups -OCH3 is 1. The van der Waals surface area contributed by atoms with Crippen LogP contribution in [-0.4, -0.2) is 7.11 Å². The van der Waals surface area contributed by atoms with Gasteiger partial charge in [-0.25, -0.2) is 0 Å². The van der Waals surface area contributed by atoms with Gasteiger partial charge in [-0.2, -0.15) is 0 Å². The highest BCUT2D eigenvalue weighted by Gasteiger charge is 2.03. The van der Waals surface area contributed by atoms with Crippen molar-refractivity contribution in [3.63, 3.8) is 0 Å². The molecule has 0 fully saturated rings. The molecule has 0 bridgehead atoms. The third kappa shape index (κ3) is 3.01. The first-order valence-electron chi connectivity index (χ1n) is 5.31. The molecule has 0 aliphatic rings. The van der Waals surface area contributed by atoms with Gasteiger partial charge in [-0.3, -0.25) is 0 Å². The Morgan fingerprint density at radius 3 is 2.76 bits per heavy atom. The van der Waals surface area contributed by atoms with Crippen molar-refractivity contribution in [2.45, 2.75) is 13.5 Å². The largest absolute Gasteiger partial charge is 0.496 e. The number of thiophene rings is 1. The summed E-state index contributed by atoms with van der Waals surface area (Å²) in [4.78, 5) is 1.37. The minimum atomic E-state index is 0.850. The van der Waals surface area contributed by atoms with Crippen molar-refractivity contribution < 1.29 is 4.74 Å². The van der Waals surface area contributed by atoms with E-state index in [-0.39, 0.29) is 0 Å². The molecule has 1 aromatic carbocycles. The van der Waals surface area contributed by atoms with Crippen LogP contribution in [0, 0.1) is 6.92 Å². The number of aryl methyl sites for hydroxylation is 1. The van der Waals surface area contributed by atoms with Crippen LogP contribution in [0.2, 0.25) is 0 Å². The minimum absolute atomic E-state index is 0.850. The average molecular weight is 312 g/mol. The zero-order valence-corrected chi connectivity index (χ0v) is 12.2. The smallest absolute Gasteiger partial charge is 0.133 e. The normalized spacial score (nSPS) is 10.3. The van der Waals surface area contributed by atoms with E-state index in [4.69, 9.17) is 4.74 Å². The molecule has 0 aliphatic carbocycles. The Labute approximate surface area is 114 Å². The summed E-state index contributed by atoms with van der Waals surface area (Å²) in [5, 5.41) is 5.53. The third-order valence-corrected chi connectivity index (χ3v) is 4.22. The first-order valence-corrected chi connectivity index (χ1v) is 6.98. The summed E-state index contributed by atoms with van der Waals surface area (Å²) in [6.07, 6.45) is 0. The molecule has 0 atom stereocenters. The van der Waals surface area contributed by atoms with Crippen molar-refractivity contribution in [2.75, 3.05) is 12.4 Å². The lowest BCUT2D eigenvalue weighted by Crippen LogP contribution is -1.98. The zero-order chi connectivity index (χ0) is 12.3. The standard InChI is InChI=1S/C13H14BrNOS/c1-9-5-6-17-13(9)8-15-10-3-4-12(16-2)11(14)7-10/h3-7,15H,8H2,1-2H3. The van der Waals surface area contributed by atoms with Gasteiger partial charge in [0.25, 0.3) is 0 Å². The van der Waals surface area contributed by atoms with Gasteiger partial charge in [0.05, 0.1) is 11.6 Å². The Morgan fingerprint density at radius 2 is 2.18 bits per heavy atom. The van der Waals surface area contributed by atoms with Crippen molar-refractivity contribution in [3.8, 4) is 5.75 Å². The molecule has 0 spiro atoms. The van der Waals surface area contributed by atoms with Crippen LogP contribution >= 0.6 is 27.3 Å². The topological polar surface area (TPSA) is 21.3 Å². The molecule has 0 saturated carbocycles. The van der Waals surface area contributed by atoms with Gasteiger partial charge >= 0.3 is 0 Å². The van der Waals surface area contributed by atoms with Crippen LogP contribution in [0.15, 0.2) is 34.1 Å². The number of halogens is 1. The molecular weight excluding hydrogens is 298 g/mol. The van der Waals surface area contributed by atoms with E-state index in [1.54, 1.807) is 18.4 Å². The predicted molar refractivity (Wildman–Crippen MR) is 77.1 cm³/mol. The van der Waals surface area contributed by atoms with Crippen molar-refractivity contribution in [3.05, 3.63) is 44.6 Å². The van der Waals surface area contributed by atoms with E-state index in [1.807, 2.05) is 18.2 Å². The van der Waals surface area contributed by atoms with Gasteiger partial charge in [0.15, 0.2) is 0 Å². The number of rotatable bonds is 4. The number of anilines is 1. The van der Waals surface area contributed by atoms with Crippen LogP contribution in [0.1, 0.15) is 10.4 Å². The van der Waals surface area contributed by atoms with Crippen LogP contribution < -0.4 is 10.1 Å². The Morgan fingerprint density at radius 1 is 1.35 bits per heavy atom. The molecule has 4 heteroatoms. The molecule has 2 rings (SSSR count). The summed E-state index contributed by atoms with van der Waals surface area (Å²) in [5.74, 6) is 0.850. The van der Waals surface area contributed by atoms with Crippen LogP contribution in [0.5, 0.6) is 5.75 Å². The Bertz CT molecular complexity index is 510. The average Bonchev–Trinajstić information content (AvgIpc) is 2.72. The van der Waals surface area contributed by atoms with Gasteiger partial charge in [-0.15, -0.1) is 11.3 Å². The second-order valence-electron chi connectivity index (χ2n) is 3.73.